The van der Waals surface area contributed by atoms with Gasteiger partial charge in [0.2, 0.25) is 5.91 Å². The van der Waals surface area contributed by atoms with Gasteiger partial charge in [-0.2, -0.15) is 0 Å². The van der Waals surface area contributed by atoms with E-state index in [9.17, 15) is 13.6 Å². The third kappa shape index (κ3) is 5.31. The highest BCUT2D eigenvalue weighted by Crippen LogP contribution is 2.25. The summed E-state index contributed by atoms with van der Waals surface area (Å²) in [7, 11) is 1.58. The molecule has 1 heterocycles. The minimum absolute atomic E-state index is 0. The van der Waals surface area contributed by atoms with Crippen molar-refractivity contribution < 1.29 is 23.0 Å². The lowest BCUT2D eigenvalue weighted by Gasteiger charge is -2.12. The SMILES string of the molecule is COc1ccc(OCCNC(=O)C2CC(F)(F)CN2)cc1.Cl. The van der Waals surface area contributed by atoms with Crippen molar-refractivity contribution in [2.45, 2.75) is 18.4 Å². The summed E-state index contributed by atoms with van der Waals surface area (Å²) in [6.07, 6.45) is -0.460. The first-order valence-corrected chi connectivity index (χ1v) is 6.66. The zero-order valence-corrected chi connectivity index (χ0v) is 12.9. The molecule has 124 valence electrons. The number of alkyl halides is 2. The van der Waals surface area contributed by atoms with Gasteiger partial charge in [0.05, 0.1) is 26.2 Å². The fourth-order valence-corrected chi connectivity index (χ4v) is 2.04. The van der Waals surface area contributed by atoms with Gasteiger partial charge in [-0.25, -0.2) is 8.78 Å². The summed E-state index contributed by atoms with van der Waals surface area (Å²) in [4.78, 5) is 11.6. The van der Waals surface area contributed by atoms with E-state index in [1.54, 1.807) is 31.4 Å². The van der Waals surface area contributed by atoms with Gasteiger partial charge in [-0.15, -0.1) is 12.4 Å². The zero-order chi connectivity index (χ0) is 15.3. The van der Waals surface area contributed by atoms with Gasteiger partial charge in [0.1, 0.15) is 18.1 Å². The van der Waals surface area contributed by atoms with Gasteiger partial charge in [0.25, 0.3) is 5.92 Å². The molecule has 0 bridgehead atoms. The monoisotopic (exact) mass is 336 g/mol. The van der Waals surface area contributed by atoms with Gasteiger partial charge in [-0.05, 0) is 24.3 Å². The molecule has 1 aliphatic rings. The van der Waals surface area contributed by atoms with Crippen molar-refractivity contribution in [1.82, 2.24) is 10.6 Å². The Morgan fingerprint density at radius 3 is 2.55 bits per heavy atom. The first-order valence-electron chi connectivity index (χ1n) is 6.66. The molecule has 1 saturated heterocycles. The lowest BCUT2D eigenvalue weighted by molar-refractivity contribution is -0.123. The Kier molecular flexibility index (Phi) is 6.83. The molecule has 22 heavy (non-hydrogen) atoms. The minimum Gasteiger partial charge on any atom is -0.497 e. The fourth-order valence-electron chi connectivity index (χ4n) is 2.04. The zero-order valence-electron chi connectivity index (χ0n) is 12.1. The van der Waals surface area contributed by atoms with Crippen LogP contribution in [0.25, 0.3) is 0 Å². The highest BCUT2D eigenvalue weighted by molar-refractivity contribution is 5.85. The molecule has 2 rings (SSSR count). The van der Waals surface area contributed by atoms with Crippen LogP contribution >= 0.6 is 12.4 Å². The van der Waals surface area contributed by atoms with Crippen molar-refractivity contribution in [3.8, 4) is 11.5 Å². The number of rotatable bonds is 6. The highest BCUT2D eigenvalue weighted by Gasteiger charge is 2.42. The summed E-state index contributed by atoms with van der Waals surface area (Å²) in [5.41, 5.74) is 0. The van der Waals surface area contributed by atoms with E-state index in [0.29, 0.717) is 5.75 Å². The van der Waals surface area contributed by atoms with Crippen molar-refractivity contribution >= 4 is 18.3 Å². The Morgan fingerprint density at radius 2 is 2.00 bits per heavy atom. The number of hydrogen-bond acceptors (Lipinski definition) is 4. The van der Waals surface area contributed by atoms with Crippen molar-refractivity contribution in [3.63, 3.8) is 0 Å². The molecule has 1 aromatic carbocycles. The Labute approximate surface area is 133 Å². The molecule has 0 saturated carbocycles. The molecule has 1 fully saturated rings. The van der Waals surface area contributed by atoms with Crippen LogP contribution in [-0.4, -0.2) is 44.7 Å². The van der Waals surface area contributed by atoms with E-state index in [1.807, 2.05) is 0 Å². The molecule has 8 heteroatoms. The number of benzene rings is 1. The maximum absolute atomic E-state index is 12.9. The van der Waals surface area contributed by atoms with E-state index in [4.69, 9.17) is 9.47 Å². The summed E-state index contributed by atoms with van der Waals surface area (Å²) in [6.45, 7) is 0.0726. The highest BCUT2D eigenvalue weighted by atomic mass is 35.5. The molecule has 1 unspecified atom stereocenters. The number of methoxy groups -OCH3 is 1. The summed E-state index contributed by atoms with van der Waals surface area (Å²) >= 11 is 0. The maximum atomic E-state index is 12.9. The minimum atomic E-state index is -2.80. The number of carbonyl (C=O) groups is 1. The third-order valence-electron chi connectivity index (χ3n) is 3.16. The molecule has 0 radical (unpaired) electrons. The van der Waals surface area contributed by atoms with E-state index in [1.165, 1.54) is 0 Å². The number of carbonyl (C=O) groups excluding carboxylic acids is 1. The van der Waals surface area contributed by atoms with Gasteiger partial charge in [-0.1, -0.05) is 0 Å². The van der Waals surface area contributed by atoms with Crippen LogP contribution < -0.4 is 20.1 Å². The van der Waals surface area contributed by atoms with Crippen molar-refractivity contribution in [1.29, 1.82) is 0 Å². The van der Waals surface area contributed by atoms with Crippen molar-refractivity contribution in [2.24, 2.45) is 0 Å². The molecule has 0 aliphatic carbocycles. The van der Waals surface area contributed by atoms with Gasteiger partial charge in [-0.3, -0.25) is 10.1 Å². The average Bonchev–Trinajstić information content (AvgIpc) is 2.84. The quantitative estimate of drug-likeness (QED) is 0.775. The third-order valence-corrected chi connectivity index (χ3v) is 3.16. The largest absolute Gasteiger partial charge is 0.497 e. The molecule has 1 aliphatic heterocycles. The second-order valence-corrected chi connectivity index (χ2v) is 4.81. The molecule has 2 N–H and O–H groups in total. The van der Waals surface area contributed by atoms with Crippen LogP contribution in [0.1, 0.15) is 6.42 Å². The van der Waals surface area contributed by atoms with E-state index in [2.05, 4.69) is 10.6 Å². The molecule has 0 aromatic heterocycles. The average molecular weight is 337 g/mol. The molecule has 1 amide bonds. The van der Waals surface area contributed by atoms with E-state index in [0.717, 1.165) is 5.75 Å². The van der Waals surface area contributed by atoms with Gasteiger partial charge in [0.15, 0.2) is 0 Å². The van der Waals surface area contributed by atoms with Gasteiger partial charge in [0, 0.05) is 6.42 Å². The Morgan fingerprint density at radius 1 is 1.36 bits per heavy atom. The number of halogens is 3. The lowest BCUT2D eigenvalue weighted by atomic mass is 10.2. The van der Waals surface area contributed by atoms with Crippen LogP contribution in [0.15, 0.2) is 24.3 Å². The van der Waals surface area contributed by atoms with Crippen molar-refractivity contribution in [3.05, 3.63) is 24.3 Å². The first kappa shape index (κ1) is 18.4. The number of ether oxygens (including phenoxy) is 2. The molecule has 0 spiro atoms. The second kappa shape index (κ2) is 8.14. The van der Waals surface area contributed by atoms with E-state index < -0.39 is 30.8 Å². The van der Waals surface area contributed by atoms with Gasteiger partial charge < -0.3 is 14.8 Å². The van der Waals surface area contributed by atoms with Crippen LogP contribution in [0.4, 0.5) is 8.78 Å². The van der Waals surface area contributed by atoms with E-state index >= 15 is 0 Å². The molecular weight excluding hydrogens is 318 g/mol. The van der Waals surface area contributed by atoms with Crippen LogP contribution in [-0.2, 0) is 4.79 Å². The standard InChI is InChI=1S/C14H18F2N2O3.ClH/c1-20-10-2-4-11(5-3-10)21-7-6-17-13(19)12-8-14(15,16)9-18-12;/h2-5,12,18H,6-9H2,1H3,(H,17,19);1H. The summed E-state index contributed by atoms with van der Waals surface area (Å²) in [6, 6.07) is 6.19. The molecule has 1 aromatic rings. The van der Waals surface area contributed by atoms with Gasteiger partial charge >= 0.3 is 0 Å². The van der Waals surface area contributed by atoms with Crippen LogP contribution in [0.5, 0.6) is 11.5 Å². The number of nitrogens with one attached hydrogen (secondary N) is 2. The first-order chi connectivity index (χ1) is 10.00. The molecular formula is C14H19ClF2N2O3. The summed E-state index contributed by atoms with van der Waals surface area (Å²) < 4.78 is 36.3. The smallest absolute Gasteiger partial charge is 0.262 e. The fraction of sp³-hybridized carbons (Fsp3) is 0.500. The summed E-state index contributed by atoms with van der Waals surface area (Å²) in [5, 5.41) is 5.07. The Hall–Kier alpha value is -1.60. The van der Waals surface area contributed by atoms with Crippen LogP contribution in [0.3, 0.4) is 0 Å². The Bertz CT molecular complexity index is 485. The maximum Gasteiger partial charge on any atom is 0.262 e. The number of amides is 1. The predicted octanol–water partition coefficient (Wildman–Crippen LogP) is 1.61. The van der Waals surface area contributed by atoms with Crippen LogP contribution in [0.2, 0.25) is 0 Å². The van der Waals surface area contributed by atoms with Crippen LogP contribution in [0, 0.1) is 0 Å². The van der Waals surface area contributed by atoms with E-state index in [-0.39, 0.29) is 25.6 Å². The number of hydrogen-bond donors (Lipinski definition) is 2. The Balaban J connectivity index is 0.00000242. The predicted molar refractivity (Wildman–Crippen MR) is 80.1 cm³/mol. The normalized spacial score (nSPS) is 19.1. The lowest BCUT2D eigenvalue weighted by Crippen LogP contribution is -2.41. The van der Waals surface area contributed by atoms with Crippen molar-refractivity contribution in [2.75, 3.05) is 26.8 Å². The summed E-state index contributed by atoms with van der Waals surface area (Å²) in [5.74, 6) is -1.85. The topological polar surface area (TPSA) is 59.6 Å². The molecule has 1 atom stereocenters. The molecule has 5 nitrogen and oxygen atoms in total. The second-order valence-electron chi connectivity index (χ2n) is 4.81.